The monoisotopic (exact) mass is 383 g/mol. The highest BCUT2D eigenvalue weighted by Crippen LogP contribution is 2.23. The molecule has 3 rings (SSSR count). The molecule has 1 amide bonds. The van der Waals surface area contributed by atoms with Gasteiger partial charge in [0.25, 0.3) is 5.91 Å². The Morgan fingerprint density at radius 3 is 2.14 bits per heavy atom. The Morgan fingerprint density at radius 2 is 1.57 bits per heavy atom. The van der Waals surface area contributed by atoms with Crippen LogP contribution in [0, 0.1) is 12.8 Å². The van der Waals surface area contributed by atoms with Gasteiger partial charge in [0.05, 0.1) is 26.1 Å². The molecule has 0 saturated carbocycles. The van der Waals surface area contributed by atoms with Crippen molar-refractivity contribution >= 4 is 17.6 Å². The number of piperidine rings is 1. The molecule has 148 valence electrons. The average molecular weight is 383 g/mol. The second kappa shape index (κ2) is 9.37. The number of esters is 1. The molecule has 2 aromatic rings. The van der Waals surface area contributed by atoms with E-state index in [1.54, 1.807) is 0 Å². The van der Waals surface area contributed by atoms with Gasteiger partial charge in [-0.1, -0.05) is 17.7 Å². The van der Waals surface area contributed by atoms with Gasteiger partial charge in [-0.25, -0.2) is 0 Å². The molecule has 0 radical (unpaired) electrons. The Morgan fingerprint density at radius 1 is 1.00 bits per heavy atom. The van der Waals surface area contributed by atoms with Gasteiger partial charge in [-0.05, 0) is 43.3 Å². The predicted molar refractivity (Wildman–Crippen MR) is 107 cm³/mol. The molecule has 1 fully saturated rings. The highest BCUT2D eigenvalue weighted by molar-refractivity contribution is 5.91. The third-order valence-corrected chi connectivity index (χ3v) is 5.03. The fourth-order valence-corrected chi connectivity index (χ4v) is 3.39. The van der Waals surface area contributed by atoms with Crippen LogP contribution >= 0.6 is 0 Å². The zero-order chi connectivity index (χ0) is 19.9. The van der Waals surface area contributed by atoms with E-state index in [1.807, 2.05) is 55.5 Å². The van der Waals surface area contributed by atoms with Gasteiger partial charge in [0.1, 0.15) is 11.5 Å². The van der Waals surface area contributed by atoms with Gasteiger partial charge in [0.2, 0.25) is 0 Å². The second-order valence-corrected chi connectivity index (χ2v) is 7.21. The van der Waals surface area contributed by atoms with Crippen LogP contribution in [0.2, 0.25) is 0 Å². The quantitative estimate of drug-likeness (QED) is 0.751. The number of carbonyl (C=O) groups is 2. The summed E-state index contributed by atoms with van der Waals surface area (Å²) in [7, 11) is 1.42. The number of aryl methyl sites for hydroxylation is 1. The normalized spacial score (nSPS) is 18.9. The summed E-state index contributed by atoms with van der Waals surface area (Å²) >= 11 is 0. The Balaban J connectivity index is 1.45. The molecule has 1 saturated heterocycles. The van der Waals surface area contributed by atoms with Crippen LogP contribution in [0.3, 0.4) is 0 Å². The molecule has 0 aromatic heterocycles. The van der Waals surface area contributed by atoms with Crippen molar-refractivity contribution in [1.29, 1.82) is 0 Å². The minimum atomic E-state index is -0.142. The van der Waals surface area contributed by atoms with Gasteiger partial charge in [0.15, 0.2) is 6.54 Å². The van der Waals surface area contributed by atoms with E-state index in [0.29, 0.717) is 6.54 Å². The van der Waals surface area contributed by atoms with E-state index in [9.17, 15) is 9.59 Å². The van der Waals surface area contributed by atoms with E-state index >= 15 is 0 Å². The number of hydrogen-bond acceptors (Lipinski definition) is 4. The molecule has 6 nitrogen and oxygen atoms in total. The number of likely N-dealkylation sites (tertiary alicyclic amines) is 1. The first kappa shape index (κ1) is 19.9. The minimum absolute atomic E-state index is 0.0290. The fourth-order valence-electron chi connectivity index (χ4n) is 3.39. The molecule has 6 heteroatoms. The van der Waals surface area contributed by atoms with Crippen LogP contribution in [0.25, 0.3) is 0 Å². The molecule has 2 N–H and O–H groups in total. The van der Waals surface area contributed by atoms with Crippen molar-refractivity contribution in [3.8, 4) is 11.5 Å². The van der Waals surface area contributed by atoms with E-state index in [-0.39, 0.29) is 17.8 Å². The Kier molecular flexibility index (Phi) is 6.66. The number of nitrogens with one attached hydrogen (secondary N) is 2. The van der Waals surface area contributed by atoms with Crippen molar-refractivity contribution in [2.75, 3.05) is 32.1 Å². The number of hydrogen-bond donors (Lipinski definition) is 2. The molecule has 1 aliphatic heterocycles. The summed E-state index contributed by atoms with van der Waals surface area (Å²) in [5.74, 6) is 1.30. The number of rotatable bonds is 6. The van der Waals surface area contributed by atoms with E-state index in [0.717, 1.165) is 43.1 Å². The second-order valence-electron chi connectivity index (χ2n) is 7.21. The van der Waals surface area contributed by atoms with E-state index in [2.05, 4.69) is 5.32 Å². The molecule has 1 heterocycles. The summed E-state index contributed by atoms with van der Waals surface area (Å²) in [6, 6.07) is 15.2. The predicted octanol–water partition coefficient (Wildman–Crippen LogP) is 2.19. The Hall–Kier alpha value is -2.86. The van der Waals surface area contributed by atoms with Crippen LogP contribution in [-0.2, 0) is 14.3 Å². The van der Waals surface area contributed by atoms with E-state index in [4.69, 9.17) is 9.47 Å². The van der Waals surface area contributed by atoms with Crippen LogP contribution in [0.4, 0.5) is 5.69 Å². The third-order valence-electron chi connectivity index (χ3n) is 5.03. The number of quaternary nitrogens is 1. The molecular weight excluding hydrogens is 356 g/mol. The maximum Gasteiger partial charge on any atom is 0.309 e. The highest BCUT2D eigenvalue weighted by Gasteiger charge is 2.29. The van der Waals surface area contributed by atoms with Crippen molar-refractivity contribution in [2.24, 2.45) is 5.92 Å². The van der Waals surface area contributed by atoms with Gasteiger partial charge in [-0.3, -0.25) is 9.59 Å². The van der Waals surface area contributed by atoms with Gasteiger partial charge >= 0.3 is 5.97 Å². The summed E-state index contributed by atoms with van der Waals surface area (Å²) in [6.07, 6.45) is 1.53. The summed E-state index contributed by atoms with van der Waals surface area (Å²) < 4.78 is 10.6. The molecule has 28 heavy (non-hydrogen) atoms. The molecule has 0 unspecified atom stereocenters. The number of ether oxygens (including phenoxy) is 2. The number of benzene rings is 2. The first-order valence-electron chi connectivity index (χ1n) is 9.59. The molecule has 0 bridgehead atoms. The largest absolute Gasteiger partial charge is 0.469 e. The highest BCUT2D eigenvalue weighted by atomic mass is 16.5. The average Bonchev–Trinajstić information content (AvgIpc) is 2.71. The molecule has 0 atom stereocenters. The number of carbonyl (C=O) groups excluding carboxylic acids is 2. The Labute approximate surface area is 165 Å². The van der Waals surface area contributed by atoms with Gasteiger partial charge in [-0.2, -0.15) is 0 Å². The third kappa shape index (κ3) is 5.57. The summed E-state index contributed by atoms with van der Waals surface area (Å²) in [5.41, 5.74) is 1.92. The van der Waals surface area contributed by atoms with Crippen LogP contribution in [0.5, 0.6) is 11.5 Å². The van der Waals surface area contributed by atoms with Crippen molar-refractivity contribution in [3.05, 3.63) is 54.1 Å². The number of amides is 1. The number of methoxy groups -OCH3 is 1. The maximum atomic E-state index is 12.3. The summed E-state index contributed by atoms with van der Waals surface area (Å²) in [4.78, 5) is 25.1. The van der Waals surface area contributed by atoms with Crippen molar-refractivity contribution < 1.29 is 24.0 Å². The van der Waals surface area contributed by atoms with E-state index < -0.39 is 0 Å². The van der Waals surface area contributed by atoms with Crippen molar-refractivity contribution in [1.82, 2.24) is 0 Å². The summed E-state index contributed by atoms with van der Waals surface area (Å²) in [6.45, 7) is 4.03. The van der Waals surface area contributed by atoms with Crippen LogP contribution < -0.4 is 15.0 Å². The molecule has 2 aromatic carbocycles. The molecule has 1 aliphatic rings. The first-order chi connectivity index (χ1) is 13.5. The van der Waals surface area contributed by atoms with Gasteiger partial charge < -0.3 is 19.7 Å². The summed E-state index contributed by atoms with van der Waals surface area (Å²) in [5, 5.41) is 2.93. The first-order valence-corrected chi connectivity index (χ1v) is 9.59. The lowest BCUT2D eigenvalue weighted by Crippen LogP contribution is -3.14. The molecular formula is C22H27N2O4+. The Bertz CT molecular complexity index is 794. The lowest BCUT2D eigenvalue weighted by atomic mass is 9.97. The molecule has 0 aliphatic carbocycles. The van der Waals surface area contributed by atoms with Crippen LogP contribution in [0.15, 0.2) is 48.5 Å². The van der Waals surface area contributed by atoms with Crippen molar-refractivity contribution in [3.63, 3.8) is 0 Å². The molecule has 0 spiro atoms. The lowest BCUT2D eigenvalue weighted by molar-refractivity contribution is -0.897. The smallest absolute Gasteiger partial charge is 0.309 e. The standard InChI is InChI=1S/C22H26N2O4/c1-16-3-7-19(8-4-16)28-20-9-5-18(6-10-20)23-21(25)15-24-13-11-17(12-14-24)22(26)27-2/h3-10,17H,11-15H2,1-2H3,(H,23,25)/p+1. The zero-order valence-electron chi connectivity index (χ0n) is 16.4. The van der Waals surface area contributed by atoms with Gasteiger partial charge in [0, 0.05) is 18.5 Å². The van der Waals surface area contributed by atoms with E-state index in [1.165, 1.54) is 17.6 Å². The minimum Gasteiger partial charge on any atom is -0.469 e. The van der Waals surface area contributed by atoms with Crippen LogP contribution in [0.1, 0.15) is 18.4 Å². The SMILES string of the molecule is COC(=O)C1CC[NH+](CC(=O)Nc2ccc(Oc3ccc(C)cc3)cc2)CC1. The van der Waals surface area contributed by atoms with Crippen LogP contribution in [-0.4, -0.2) is 38.6 Å². The number of anilines is 1. The topological polar surface area (TPSA) is 69.1 Å². The lowest BCUT2D eigenvalue weighted by Gasteiger charge is -2.27. The zero-order valence-corrected chi connectivity index (χ0v) is 16.4. The van der Waals surface area contributed by atoms with Gasteiger partial charge in [-0.15, -0.1) is 0 Å². The van der Waals surface area contributed by atoms with Crippen molar-refractivity contribution in [2.45, 2.75) is 19.8 Å². The fraction of sp³-hybridized carbons (Fsp3) is 0.364. The maximum absolute atomic E-state index is 12.3.